The number of hydrogen-bond acceptors (Lipinski definition) is 8. The first-order chi connectivity index (χ1) is 14.6. The van der Waals surface area contributed by atoms with Gasteiger partial charge in [0.2, 0.25) is 0 Å². The molecule has 3 amide bonds. The number of hydrogen-bond donors (Lipinski definition) is 2. The van der Waals surface area contributed by atoms with Crippen LogP contribution in [0.15, 0.2) is 29.7 Å². The number of aliphatic hydroxyl groups excluding tert-OH is 1. The van der Waals surface area contributed by atoms with Crippen molar-refractivity contribution in [1.82, 2.24) is 9.88 Å². The van der Waals surface area contributed by atoms with Crippen molar-refractivity contribution in [1.29, 1.82) is 0 Å². The number of esters is 1. The average molecular weight is 451 g/mol. The van der Waals surface area contributed by atoms with Crippen molar-refractivity contribution in [3.63, 3.8) is 0 Å². The van der Waals surface area contributed by atoms with Gasteiger partial charge in [-0.2, -0.15) is 0 Å². The third-order valence-corrected chi connectivity index (χ3v) is 3.88. The lowest BCUT2D eigenvalue weighted by Gasteiger charge is -2.35. The Labute approximate surface area is 184 Å². The maximum atomic E-state index is 13.1. The molecule has 2 heterocycles. The summed E-state index contributed by atoms with van der Waals surface area (Å²) in [5, 5.41) is 12.7. The second-order valence-corrected chi connectivity index (χ2v) is 9.05. The van der Waals surface area contributed by atoms with E-state index in [1.807, 2.05) is 0 Å². The molecule has 0 saturated carbocycles. The Hall–Kier alpha value is -3.50. The standard InChI is InChI=1S/C21H26FN3O7/c1-20(2,3)31-18(29)12-9-13(26)15(16(27)24-14-8-7-11(22)10-23-14)17(28)25(12)19(30)32-21(4,5)6/h7-8,10,12,26H,9H2,1-6H3,(H,23,24,27). The first kappa shape index (κ1) is 24.8. The molecule has 32 heavy (non-hydrogen) atoms. The summed E-state index contributed by atoms with van der Waals surface area (Å²) in [7, 11) is 0. The van der Waals surface area contributed by atoms with Gasteiger partial charge in [-0.05, 0) is 53.7 Å². The van der Waals surface area contributed by atoms with E-state index in [2.05, 4.69) is 10.3 Å². The highest BCUT2D eigenvalue weighted by molar-refractivity contribution is 6.26. The summed E-state index contributed by atoms with van der Waals surface area (Å²) < 4.78 is 23.5. The van der Waals surface area contributed by atoms with Crippen LogP contribution in [0.1, 0.15) is 48.0 Å². The fourth-order valence-electron chi connectivity index (χ4n) is 2.70. The summed E-state index contributed by atoms with van der Waals surface area (Å²) in [6.07, 6.45) is -0.895. The van der Waals surface area contributed by atoms with Crippen LogP contribution in [0.4, 0.5) is 15.0 Å². The normalized spacial score (nSPS) is 17.2. The number of imide groups is 1. The van der Waals surface area contributed by atoms with Crippen LogP contribution in [0.2, 0.25) is 0 Å². The number of rotatable bonds is 3. The van der Waals surface area contributed by atoms with Crippen LogP contribution >= 0.6 is 0 Å². The summed E-state index contributed by atoms with van der Waals surface area (Å²) >= 11 is 0. The van der Waals surface area contributed by atoms with Crippen molar-refractivity contribution in [3.8, 4) is 0 Å². The second-order valence-electron chi connectivity index (χ2n) is 9.05. The summed E-state index contributed by atoms with van der Waals surface area (Å²) in [4.78, 5) is 55.3. The Kier molecular flexibility index (Phi) is 6.91. The Bertz CT molecular complexity index is 959. The van der Waals surface area contributed by atoms with E-state index >= 15 is 0 Å². The Morgan fingerprint density at radius 1 is 1.12 bits per heavy atom. The van der Waals surface area contributed by atoms with Crippen LogP contribution < -0.4 is 5.32 Å². The molecule has 11 heteroatoms. The molecule has 0 radical (unpaired) electrons. The fourth-order valence-corrected chi connectivity index (χ4v) is 2.70. The molecule has 174 valence electrons. The van der Waals surface area contributed by atoms with E-state index in [1.54, 1.807) is 41.5 Å². The Morgan fingerprint density at radius 2 is 1.72 bits per heavy atom. The summed E-state index contributed by atoms with van der Waals surface area (Å²) in [6, 6.07) is 0.635. The number of nitrogens with one attached hydrogen (secondary N) is 1. The predicted octanol–water partition coefficient (Wildman–Crippen LogP) is 2.85. The van der Waals surface area contributed by atoms with Gasteiger partial charge in [-0.15, -0.1) is 0 Å². The maximum absolute atomic E-state index is 13.1. The van der Waals surface area contributed by atoms with Gasteiger partial charge in [-0.3, -0.25) is 9.59 Å². The van der Waals surface area contributed by atoms with Crippen molar-refractivity contribution in [2.75, 3.05) is 5.32 Å². The van der Waals surface area contributed by atoms with Gasteiger partial charge in [0, 0.05) is 6.42 Å². The zero-order valence-corrected chi connectivity index (χ0v) is 18.7. The Balaban J connectivity index is 2.41. The van der Waals surface area contributed by atoms with Crippen molar-refractivity contribution >= 4 is 29.7 Å². The third-order valence-electron chi connectivity index (χ3n) is 3.88. The van der Waals surface area contributed by atoms with Crippen molar-refractivity contribution in [2.24, 2.45) is 0 Å². The van der Waals surface area contributed by atoms with Crippen LogP contribution in [0.3, 0.4) is 0 Å². The predicted molar refractivity (Wildman–Crippen MR) is 110 cm³/mol. The topological polar surface area (TPSA) is 135 Å². The first-order valence-corrected chi connectivity index (χ1v) is 9.73. The lowest BCUT2D eigenvalue weighted by Crippen LogP contribution is -2.55. The SMILES string of the molecule is CC(C)(C)OC(=O)C1CC(O)=C(C(=O)Nc2ccc(F)cn2)C(=O)N1C(=O)OC(C)(C)C. The van der Waals surface area contributed by atoms with Gasteiger partial charge in [0.25, 0.3) is 11.8 Å². The smallest absolute Gasteiger partial charge is 0.418 e. The number of ether oxygens (including phenoxy) is 2. The lowest BCUT2D eigenvalue weighted by molar-refractivity contribution is -0.164. The van der Waals surface area contributed by atoms with Crippen LogP contribution in [-0.2, 0) is 23.9 Å². The minimum Gasteiger partial charge on any atom is -0.511 e. The number of halogens is 1. The van der Waals surface area contributed by atoms with E-state index in [0.717, 1.165) is 18.3 Å². The molecular formula is C21H26FN3O7. The third kappa shape index (κ3) is 6.25. The van der Waals surface area contributed by atoms with Crippen LogP contribution in [0, 0.1) is 5.82 Å². The molecule has 0 aliphatic carbocycles. The number of aromatic nitrogens is 1. The summed E-state index contributed by atoms with van der Waals surface area (Å²) in [5.74, 6) is -4.76. The van der Waals surface area contributed by atoms with Gasteiger partial charge >= 0.3 is 12.1 Å². The minimum atomic E-state index is -1.54. The molecule has 1 atom stereocenters. The molecule has 1 aromatic rings. The van der Waals surface area contributed by atoms with E-state index in [-0.39, 0.29) is 5.82 Å². The molecule has 0 aromatic carbocycles. The van der Waals surface area contributed by atoms with E-state index in [0.29, 0.717) is 4.90 Å². The highest BCUT2D eigenvalue weighted by Gasteiger charge is 2.47. The molecule has 2 N–H and O–H groups in total. The van der Waals surface area contributed by atoms with E-state index in [4.69, 9.17) is 9.47 Å². The van der Waals surface area contributed by atoms with Crippen molar-refractivity contribution in [2.45, 2.75) is 65.2 Å². The maximum Gasteiger partial charge on any atom is 0.418 e. The molecule has 0 bridgehead atoms. The minimum absolute atomic E-state index is 0.0948. The molecule has 1 aromatic heterocycles. The molecular weight excluding hydrogens is 425 g/mol. The molecule has 0 spiro atoms. The second kappa shape index (κ2) is 8.93. The Morgan fingerprint density at radius 3 is 2.22 bits per heavy atom. The number of pyridine rings is 1. The number of anilines is 1. The monoisotopic (exact) mass is 451 g/mol. The molecule has 0 saturated heterocycles. The summed E-state index contributed by atoms with van der Waals surface area (Å²) in [5.41, 5.74) is -2.73. The molecule has 2 rings (SSSR count). The van der Waals surface area contributed by atoms with Gasteiger partial charge < -0.3 is 19.9 Å². The molecule has 10 nitrogen and oxygen atoms in total. The zero-order chi connectivity index (χ0) is 24.4. The number of carbonyl (C=O) groups excluding carboxylic acids is 4. The van der Waals surface area contributed by atoms with E-state index in [1.165, 1.54) is 0 Å². The molecule has 0 fully saturated rings. The van der Waals surface area contributed by atoms with Gasteiger partial charge in [0.05, 0.1) is 6.20 Å². The van der Waals surface area contributed by atoms with E-state index < -0.39 is 64.7 Å². The first-order valence-electron chi connectivity index (χ1n) is 9.73. The number of aliphatic hydroxyl groups is 1. The average Bonchev–Trinajstić information content (AvgIpc) is 2.60. The largest absolute Gasteiger partial charge is 0.511 e. The van der Waals surface area contributed by atoms with Crippen molar-refractivity contribution in [3.05, 3.63) is 35.5 Å². The molecule has 1 aliphatic heterocycles. The number of carbonyl (C=O) groups is 4. The number of nitrogens with zero attached hydrogens (tertiary/aromatic N) is 2. The van der Waals surface area contributed by atoms with Gasteiger partial charge in [0.1, 0.15) is 40.2 Å². The van der Waals surface area contributed by atoms with E-state index in [9.17, 15) is 28.7 Å². The zero-order valence-electron chi connectivity index (χ0n) is 18.7. The van der Waals surface area contributed by atoms with Gasteiger partial charge in [-0.1, -0.05) is 0 Å². The van der Waals surface area contributed by atoms with Crippen LogP contribution in [0.5, 0.6) is 0 Å². The van der Waals surface area contributed by atoms with Crippen LogP contribution in [-0.4, -0.2) is 56.1 Å². The quantitative estimate of drug-likeness (QED) is 0.529. The van der Waals surface area contributed by atoms with Crippen LogP contribution in [0.25, 0.3) is 0 Å². The van der Waals surface area contributed by atoms with Gasteiger partial charge in [0.15, 0.2) is 0 Å². The van der Waals surface area contributed by atoms with Gasteiger partial charge in [-0.25, -0.2) is 23.9 Å². The lowest BCUT2D eigenvalue weighted by atomic mass is 9.99. The number of amides is 3. The summed E-state index contributed by atoms with van der Waals surface area (Å²) in [6.45, 7) is 9.46. The molecule has 1 aliphatic rings. The molecule has 1 unspecified atom stereocenters. The highest BCUT2D eigenvalue weighted by atomic mass is 19.1. The highest BCUT2D eigenvalue weighted by Crippen LogP contribution is 2.28. The fraction of sp³-hybridized carbons (Fsp3) is 0.476. The van der Waals surface area contributed by atoms with Crippen molar-refractivity contribution < 1.29 is 38.1 Å².